The maximum absolute atomic E-state index is 6.01. The first-order valence-corrected chi connectivity index (χ1v) is 10.5. The molecule has 1 aliphatic rings. The van der Waals surface area contributed by atoms with E-state index in [1.807, 2.05) is 61.8 Å². The molecule has 0 amide bonds. The zero-order chi connectivity index (χ0) is 20.6. The van der Waals surface area contributed by atoms with Gasteiger partial charge in [0.05, 0.1) is 24.1 Å². The highest BCUT2D eigenvalue weighted by Crippen LogP contribution is 2.28. The molecular formula is C23H28N6O. The highest BCUT2D eigenvalue weighted by Gasteiger charge is 2.12. The van der Waals surface area contributed by atoms with Crippen LogP contribution in [-0.4, -0.2) is 48.5 Å². The van der Waals surface area contributed by atoms with Crippen LogP contribution in [0.1, 0.15) is 19.3 Å². The van der Waals surface area contributed by atoms with Gasteiger partial charge in [0, 0.05) is 25.7 Å². The number of anilines is 3. The summed E-state index contributed by atoms with van der Waals surface area (Å²) in [6, 6.07) is 16.0. The predicted molar refractivity (Wildman–Crippen MR) is 121 cm³/mol. The molecule has 1 saturated heterocycles. The maximum Gasteiger partial charge on any atom is 0.151 e. The molecule has 7 heteroatoms. The van der Waals surface area contributed by atoms with Gasteiger partial charge < -0.3 is 20.3 Å². The van der Waals surface area contributed by atoms with Gasteiger partial charge in [0.15, 0.2) is 5.82 Å². The summed E-state index contributed by atoms with van der Waals surface area (Å²) in [6.07, 6.45) is 5.59. The Morgan fingerprint density at radius 2 is 1.83 bits per heavy atom. The summed E-state index contributed by atoms with van der Waals surface area (Å²) >= 11 is 0. The third-order valence-corrected chi connectivity index (χ3v) is 5.21. The standard InChI is InChI=1S/C23H28N6O/c1-24-18-9-10-20(26-17-18)19-7-3-4-8-21(19)30-16-13-25-22-11-12-23(28-27-22)29-14-5-2-6-15-29/h3-4,7-12,17,24H,2,5-6,13-16H2,1H3,(H,25,27). The molecule has 3 aromatic rings. The lowest BCUT2D eigenvalue weighted by molar-refractivity contribution is 0.334. The minimum atomic E-state index is 0.515. The van der Waals surface area contributed by atoms with Gasteiger partial charge in [0.25, 0.3) is 0 Å². The Hall–Kier alpha value is -3.35. The molecule has 1 aromatic carbocycles. The summed E-state index contributed by atoms with van der Waals surface area (Å²) in [6.45, 7) is 3.29. The Balaban J connectivity index is 1.30. The van der Waals surface area contributed by atoms with Gasteiger partial charge in [-0.2, -0.15) is 0 Å². The average molecular weight is 405 g/mol. The molecule has 0 bridgehead atoms. The molecule has 156 valence electrons. The Kier molecular flexibility index (Phi) is 6.59. The van der Waals surface area contributed by atoms with Crippen molar-refractivity contribution in [2.45, 2.75) is 19.3 Å². The fraction of sp³-hybridized carbons (Fsp3) is 0.348. The Morgan fingerprint density at radius 3 is 2.57 bits per heavy atom. The van der Waals surface area contributed by atoms with Gasteiger partial charge in [0.2, 0.25) is 0 Å². The zero-order valence-corrected chi connectivity index (χ0v) is 17.3. The number of rotatable bonds is 8. The maximum atomic E-state index is 6.01. The van der Waals surface area contributed by atoms with Crippen LogP contribution in [0.2, 0.25) is 0 Å². The number of para-hydroxylation sites is 1. The number of nitrogens with zero attached hydrogens (tertiary/aromatic N) is 4. The van der Waals surface area contributed by atoms with Crippen LogP contribution < -0.4 is 20.3 Å². The minimum Gasteiger partial charge on any atom is -0.491 e. The minimum absolute atomic E-state index is 0.515. The Morgan fingerprint density at radius 1 is 0.967 bits per heavy atom. The van der Waals surface area contributed by atoms with Gasteiger partial charge >= 0.3 is 0 Å². The van der Waals surface area contributed by atoms with Crippen LogP contribution in [0.15, 0.2) is 54.7 Å². The third-order valence-electron chi connectivity index (χ3n) is 5.21. The van der Waals surface area contributed by atoms with E-state index in [9.17, 15) is 0 Å². The number of pyridine rings is 1. The summed E-state index contributed by atoms with van der Waals surface area (Å²) in [5.41, 5.74) is 2.84. The molecule has 0 spiro atoms. The largest absolute Gasteiger partial charge is 0.491 e. The summed E-state index contributed by atoms with van der Waals surface area (Å²) in [4.78, 5) is 6.83. The van der Waals surface area contributed by atoms with E-state index in [1.54, 1.807) is 0 Å². The molecule has 7 nitrogen and oxygen atoms in total. The molecule has 0 unspecified atom stereocenters. The van der Waals surface area contributed by atoms with E-state index >= 15 is 0 Å². The van der Waals surface area contributed by atoms with E-state index in [0.717, 1.165) is 47.4 Å². The van der Waals surface area contributed by atoms with Crippen molar-refractivity contribution in [1.82, 2.24) is 15.2 Å². The summed E-state index contributed by atoms with van der Waals surface area (Å²) in [5.74, 6) is 2.54. The molecule has 30 heavy (non-hydrogen) atoms. The highest BCUT2D eigenvalue weighted by atomic mass is 16.5. The molecule has 1 aliphatic heterocycles. The van der Waals surface area contributed by atoms with Gasteiger partial charge in [-0.25, -0.2) is 0 Å². The molecule has 2 aromatic heterocycles. The van der Waals surface area contributed by atoms with E-state index in [-0.39, 0.29) is 0 Å². The van der Waals surface area contributed by atoms with Crippen LogP contribution in [0.3, 0.4) is 0 Å². The van der Waals surface area contributed by atoms with E-state index in [2.05, 4.69) is 30.7 Å². The quantitative estimate of drug-likeness (QED) is 0.548. The Labute approximate surface area is 177 Å². The summed E-state index contributed by atoms with van der Waals surface area (Å²) in [7, 11) is 1.88. The van der Waals surface area contributed by atoms with Gasteiger partial charge in [-0.3, -0.25) is 4.98 Å². The van der Waals surface area contributed by atoms with Crippen molar-refractivity contribution in [2.24, 2.45) is 0 Å². The third kappa shape index (κ3) is 4.97. The predicted octanol–water partition coefficient (Wildman–Crippen LogP) is 4.06. The second kappa shape index (κ2) is 9.91. The number of aromatic nitrogens is 3. The number of hydrogen-bond acceptors (Lipinski definition) is 7. The molecule has 3 heterocycles. The van der Waals surface area contributed by atoms with Crippen molar-refractivity contribution < 1.29 is 4.74 Å². The normalized spacial score (nSPS) is 13.7. The Bertz CT molecular complexity index is 923. The van der Waals surface area contributed by atoms with Crippen LogP contribution in [0.4, 0.5) is 17.3 Å². The van der Waals surface area contributed by atoms with E-state index < -0.39 is 0 Å². The van der Waals surface area contributed by atoms with Crippen molar-refractivity contribution >= 4 is 17.3 Å². The zero-order valence-electron chi connectivity index (χ0n) is 17.3. The first-order valence-electron chi connectivity index (χ1n) is 10.5. The van der Waals surface area contributed by atoms with Crippen LogP contribution >= 0.6 is 0 Å². The van der Waals surface area contributed by atoms with Crippen LogP contribution in [-0.2, 0) is 0 Å². The molecular weight excluding hydrogens is 376 g/mol. The molecule has 0 aliphatic carbocycles. The highest BCUT2D eigenvalue weighted by molar-refractivity contribution is 5.68. The molecule has 2 N–H and O–H groups in total. The van der Waals surface area contributed by atoms with Gasteiger partial charge in [-0.15, -0.1) is 10.2 Å². The van der Waals surface area contributed by atoms with Gasteiger partial charge in [-0.1, -0.05) is 12.1 Å². The lowest BCUT2D eigenvalue weighted by Crippen LogP contribution is -2.30. The van der Waals surface area contributed by atoms with Crippen molar-refractivity contribution in [1.29, 1.82) is 0 Å². The number of nitrogens with one attached hydrogen (secondary N) is 2. The lowest BCUT2D eigenvalue weighted by Gasteiger charge is -2.27. The van der Waals surface area contributed by atoms with Crippen molar-refractivity contribution in [3.8, 4) is 17.0 Å². The molecule has 0 radical (unpaired) electrons. The monoisotopic (exact) mass is 404 g/mol. The van der Waals surface area contributed by atoms with E-state index in [4.69, 9.17) is 4.74 Å². The van der Waals surface area contributed by atoms with Crippen molar-refractivity contribution in [3.63, 3.8) is 0 Å². The molecule has 1 fully saturated rings. The lowest BCUT2D eigenvalue weighted by atomic mass is 10.1. The number of piperidine rings is 1. The number of hydrogen-bond donors (Lipinski definition) is 2. The van der Waals surface area contributed by atoms with Crippen LogP contribution in [0, 0.1) is 0 Å². The molecule has 0 saturated carbocycles. The second-order valence-electron chi connectivity index (χ2n) is 7.28. The fourth-order valence-electron chi connectivity index (χ4n) is 3.56. The molecule has 4 rings (SSSR count). The van der Waals surface area contributed by atoms with Crippen LogP contribution in [0.5, 0.6) is 5.75 Å². The van der Waals surface area contributed by atoms with Crippen molar-refractivity contribution in [2.75, 3.05) is 48.8 Å². The van der Waals surface area contributed by atoms with Crippen LogP contribution in [0.25, 0.3) is 11.3 Å². The number of benzene rings is 1. The SMILES string of the molecule is CNc1ccc(-c2ccccc2OCCNc2ccc(N3CCCCC3)nn2)nc1. The first kappa shape index (κ1) is 19.9. The van der Waals surface area contributed by atoms with Crippen molar-refractivity contribution in [3.05, 3.63) is 54.7 Å². The van der Waals surface area contributed by atoms with Gasteiger partial charge in [-0.05, 0) is 55.7 Å². The average Bonchev–Trinajstić information content (AvgIpc) is 2.83. The molecule has 0 atom stereocenters. The van der Waals surface area contributed by atoms with E-state index in [1.165, 1.54) is 19.3 Å². The second-order valence-corrected chi connectivity index (χ2v) is 7.28. The smallest absolute Gasteiger partial charge is 0.151 e. The number of ether oxygens (including phenoxy) is 1. The van der Waals surface area contributed by atoms with E-state index in [0.29, 0.717) is 13.2 Å². The van der Waals surface area contributed by atoms with Gasteiger partial charge in [0.1, 0.15) is 18.2 Å². The fourth-order valence-corrected chi connectivity index (χ4v) is 3.56. The topological polar surface area (TPSA) is 75.2 Å². The summed E-state index contributed by atoms with van der Waals surface area (Å²) < 4.78 is 6.01. The summed E-state index contributed by atoms with van der Waals surface area (Å²) in [5, 5.41) is 15.0. The first-order chi connectivity index (χ1) is 14.8.